The number of urea groups is 1. The Balaban J connectivity index is 1.57. The summed E-state index contributed by atoms with van der Waals surface area (Å²) in [4.78, 5) is 37.1. The van der Waals surface area contributed by atoms with Gasteiger partial charge < -0.3 is 4.90 Å². The topological polar surface area (TPSA) is 69.7 Å². The van der Waals surface area contributed by atoms with Crippen LogP contribution in [0, 0.1) is 17.8 Å². The van der Waals surface area contributed by atoms with Crippen molar-refractivity contribution in [2.75, 3.05) is 7.05 Å². The summed E-state index contributed by atoms with van der Waals surface area (Å²) in [5.74, 6) is 1.30. The fourth-order valence-corrected chi connectivity index (χ4v) is 3.91. The Morgan fingerprint density at radius 1 is 1.30 bits per heavy atom. The van der Waals surface area contributed by atoms with Crippen molar-refractivity contribution in [3.05, 3.63) is 0 Å². The van der Waals surface area contributed by atoms with Crippen molar-refractivity contribution in [1.82, 2.24) is 15.3 Å². The largest absolute Gasteiger partial charge is 0.346 e. The lowest BCUT2D eigenvalue weighted by atomic mass is 9.86. The maximum absolute atomic E-state index is 12.1. The van der Waals surface area contributed by atoms with Gasteiger partial charge in [0, 0.05) is 13.5 Å². The van der Waals surface area contributed by atoms with Gasteiger partial charge in [0.05, 0.1) is 0 Å². The maximum Gasteiger partial charge on any atom is 0.346 e. The van der Waals surface area contributed by atoms with Crippen molar-refractivity contribution >= 4 is 17.8 Å². The van der Waals surface area contributed by atoms with Crippen LogP contribution in [0.5, 0.6) is 0 Å². The fourth-order valence-electron chi connectivity index (χ4n) is 3.91. The summed E-state index contributed by atoms with van der Waals surface area (Å²) >= 11 is 0. The third-order valence-electron chi connectivity index (χ3n) is 5.22. The Morgan fingerprint density at radius 3 is 2.55 bits per heavy atom. The second-order valence-electron chi connectivity index (χ2n) is 6.42. The first-order chi connectivity index (χ1) is 9.47. The Bertz CT molecular complexity index is 445. The van der Waals surface area contributed by atoms with E-state index in [9.17, 15) is 14.4 Å². The number of hydrogen-bond donors (Lipinski definition) is 1. The molecule has 0 aromatic rings. The normalized spacial score (nSPS) is 36.1. The standard InChI is InChI=1S/C14H21N3O3/c1-8-13(19)17(14(20)16(8)2)15-12(18)7-11-6-9-3-4-10(11)5-9/h8-11H,3-7H2,1-2H3,(H,15,18). The van der Waals surface area contributed by atoms with Gasteiger partial charge in [0.25, 0.3) is 5.91 Å². The molecule has 6 nitrogen and oxygen atoms in total. The molecular formula is C14H21N3O3. The molecular weight excluding hydrogens is 258 g/mol. The number of imide groups is 1. The van der Waals surface area contributed by atoms with Crippen LogP contribution in [0.2, 0.25) is 0 Å². The molecule has 1 heterocycles. The van der Waals surface area contributed by atoms with Gasteiger partial charge in [0.2, 0.25) is 5.91 Å². The Hall–Kier alpha value is -1.59. The van der Waals surface area contributed by atoms with Gasteiger partial charge in [-0.25, -0.2) is 4.79 Å². The van der Waals surface area contributed by atoms with Crippen LogP contribution < -0.4 is 5.43 Å². The van der Waals surface area contributed by atoms with Gasteiger partial charge in [-0.15, -0.1) is 0 Å². The van der Waals surface area contributed by atoms with E-state index in [1.165, 1.54) is 24.2 Å². The molecule has 2 saturated carbocycles. The maximum atomic E-state index is 12.1. The van der Waals surface area contributed by atoms with E-state index >= 15 is 0 Å². The Labute approximate surface area is 118 Å². The molecule has 110 valence electrons. The molecule has 2 bridgehead atoms. The fraction of sp³-hybridized carbons (Fsp3) is 0.786. The van der Waals surface area contributed by atoms with Crippen molar-refractivity contribution < 1.29 is 14.4 Å². The van der Waals surface area contributed by atoms with Crippen molar-refractivity contribution in [1.29, 1.82) is 0 Å². The highest BCUT2D eigenvalue weighted by atomic mass is 16.2. The molecule has 4 atom stereocenters. The molecule has 3 fully saturated rings. The van der Waals surface area contributed by atoms with Crippen molar-refractivity contribution in [3.63, 3.8) is 0 Å². The second-order valence-corrected chi connectivity index (χ2v) is 6.42. The van der Waals surface area contributed by atoms with Crippen LogP contribution >= 0.6 is 0 Å². The number of hydrazine groups is 1. The predicted octanol–water partition coefficient (Wildman–Crippen LogP) is 1.13. The smallest absolute Gasteiger partial charge is 0.314 e. The molecule has 1 N–H and O–H groups in total. The van der Waals surface area contributed by atoms with E-state index in [1.54, 1.807) is 14.0 Å². The van der Waals surface area contributed by atoms with Crippen molar-refractivity contribution in [3.8, 4) is 0 Å². The zero-order valence-corrected chi connectivity index (χ0v) is 12.0. The summed E-state index contributed by atoms with van der Waals surface area (Å²) in [7, 11) is 1.56. The number of amides is 4. The Morgan fingerprint density at radius 2 is 2.05 bits per heavy atom. The molecule has 1 saturated heterocycles. The first kappa shape index (κ1) is 13.4. The highest BCUT2D eigenvalue weighted by molar-refractivity contribution is 6.04. The van der Waals surface area contributed by atoms with Crippen LogP contribution in [-0.2, 0) is 9.59 Å². The Kier molecular flexibility index (Phi) is 3.18. The summed E-state index contributed by atoms with van der Waals surface area (Å²) < 4.78 is 0. The first-order valence-electron chi connectivity index (χ1n) is 7.37. The lowest BCUT2D eigenvalue weighted by Crippen LogP contribution is -2.47. The van der Waals surface area contributed by atoms with E-state index in [4.69, 9.17) is 0 Å². The third kappa shape index (κ3) is 2.07. The lowest BCUT2D eigenvalue weighted by molar-refractivity contribution is -0.137. The van der Waals surface area contributed by atoms with Gasteiger partial charge in [0.1, 0.15) is 6.04 Å². The van der Waals surface area contributed by atoms with E-state index in [1.807, 2.05) is 0 Å². The van der Waals surface area contributed by atoms with Crippen LogP contribution in [0.15, 0.2) is 0 Å². The van der Waals surface area contributed by atoms with Gasteiger partial charge in [0.15, 0.2) is 0 Å². The van der Waals surface area contributed by atoms with Gasteiger partial charge in [-0.1, -0.05) is 6.42 Å². The minimum absolute atomic E-state index is 0.216. The van der Waals surface area contributed by atoms with Gasteiger partial charge >= 0.3 is 6.03 Å². The van der Waals surface area contributed by atoms with Crippen molar-refractivity contribution in [2.45, 2.75) is 45.1 Å². The molecule has 6 heteroatoms. The first-order valence-corrected chi connectivity index (χ1v) is 7.37. The molecule has 0 spiro atoms. The average molecular weight is 279 g/mol. The summed E-state index contributed by atoms with van der Waals surface area (Å²) in [5, 5.41) is 0.861. The monoisotopic (exact) mass is 279 g/mol. The quantitative estimate of drug-likeness (QED) is 0.787. The predicted molar refractivity (Wildman–Crippen MR) is 71.2 cm³/mol. The zero-order chi connectivity index (χ0) is 14.4. The number of likely N-dealkylation sites (N-methyl/N-ethyl adjacent to an activating group) is 1. The molecule has 0 aromatic carbocycles. The zero-order valence-electron chi connectivity index (χ0n) is 12.0. The molecule has 3 rings (SSSR count). The van der Waals surface area contributed by atoms with E-state index in [2.05, 4.69) is 5.43 Å². The second kappa shape index (κ2) is 4.75. The van der Waals surface area contributed by atoms with E-state index in [-0.39, 0.29) is 11.8 Å². The van der Waals surface area contributed by atoms with E-state index < -0.39 is 12.1 Å². The van der Waals surface area contributed by atoms with Gasteiger partial charge in [-0.2, -0.15) is 5.01 Å². The van der Waals surface area contributed by atoms with Crippen LogP contribution in [-0.4, -0.2) is 40.8 Å². The number of hydrogen-bond acceptors (Lipinski definition) is 3. The van der Waals surface area contributed by atoms with E-state index in [0.717, 1.165) is 17.3 Å². The molecule has 20 heavy (non-hydrogen) atoms. The molecule has 1 aliphatic heterocycles. The van der Waals surface area contributed by atoms with E-state index in [0.29, 0.717) is 18.3 Å². The highest BCUT2D eigenvalue weighted by Crippen LogP contribution is 2.49. The van der Waals surface area contributed by atoms with Crippen LogP contribution in [0.1, 0.15) is 39.0 Å². The summed E-state index contributed by atoms with van der Waals surface area (Å²) in [6.07, 6.45) is 5.32. The molecule has 2 aliphatic carbocycles. The van der Waals surface area contributed by atoms with Crippen molar-refractivity contribution in [2.24, 2.45) is 17.8 Å². The molecule has 4 unspecified atom stereocenters. The molecule has 3 aliphatic rings. The number of rotatable bonds is 3. The number of carbonyl (C=O) groups is 3. The van der Waals surface area contributed by atoms with Crippen LogP contribution in [0.4, 0.5) is 4.79 Å². The van der Waals surface area contributed by atoms with Gasteiger partial charge in [-0.3, -0.25) is 15.0 Å². The number of nitrogens with zero attached hydrogens (tertiary/aromatic N) is 2. The van der Waals surface area contributed by atoms with Crippen LogP contribution in [0.3, 0.4) is 0 Å². The summed E-state index contributed by atoms with van der Waals surface area (Å²) in [6.45, 7) is 1.66. The number of nitrogens with one attached hydrogen (secondary N) is 1. The van der Waals surface area contributed by atoms with Gasteiger partial charge in [-0.05, 0) is 43.9 Å². The highest BCUT2D eigenvalue weighted by Gasteiger charge is 2.43. The number of fused-ring (bicyclic) bond motifs is 2. The summed E-state index contributed by atoms with van der Waals surface area (Å²) in [5.41, 5.74) is 2.48. The minimum atomic E-state index is -0.509. The molecule has 0 aromatic heterocycles. The molecule has 4 amide bonds. The number of carbonyl (C=O) groups excluding carboxylic acids is 3. The average Bonchev–Trinajstić information content (AvgIpc) is 3.07. The minimum Gasteiger partial charge on any atom is -0.314 e. The SMILES string of the molecule is CC1C(=O)N(NC(=O)CC2CC3CCC2C3)C(=O)N1C. The third-order valence-corrected chi connectivity index (χ3v) is 5.22. The summed E-state index contributed by atoms with van der Waals surface area (Å²) in [6, 6.07) is -0.964. The lowest BCUT2D eigenvalue weighted by Gasteiger charge is -2.22. The molecule has 0 radical (unpaired) electrons. The van der Waals surface area contributed by atoms with Crippen LogP contribution in [0.25, 0.3) is 0 Å².